The molecule has 4 nitrogen and oxygen atoms in total. The summed E-state index contributed by atoms with van der Waals surface area (Å²) in [5, 5.41) is 27.8. The first-order valence-electron chi connectivity index (χ1n) is 3.76. The average Bonchev–Trinajstić information content (AvgIpc) is 2.43. The lowest BCUT2D eigenvalue weighted by molar-refractivity contribution is 0.398. The molecule has 2 rings (SSSR count). The third kappa shape index (κ3) is 1.07. The van der Waals surface area contributed by atoms with Crippen LogP contribution in [0.3, 0.4) is 0 Å². The summed E-state index contributed by atoms with van der Waals surface area (Å²) >= 11 is 5.82. The molecule has 5 heteroatoms. The van der Waals surface area contributed by atoms with Crippen LogP contribution in [0, 0.1) is 11.3 Å². The Hall–Kier alpha value is -1.86. The quantitative estimate of drug-likeness (QED) is 0.620. The number of aromatic nitrogens is 1. The number of hydrogen-bond acceptors (Lipinski definition) is 3. The van der Waals surface area contributed by atoms with Crippen LogP contribution in [0.5, 0.6) is 11.6 Å². The lowest BCUT2D eigenvalue weighted by atomic mass is 10.2. The third-order valence-corrected chi connectivity index (χ3v) is 2.23. The van der Waals surface area contributed by atoms with Gasteiger partial charge in [-0.25, -0.2) is 0 Å². The summed E-state index contributed by atoms with van der Waals surface area (Å²) in [4.78, 5) is 2.51. The standard InChI is InChI=1S/C9H5ClN2O2/c10-5-1-4(3-11)2-6-7(5)8(13)9(14)12-6/h1-2,12-14H. The van der Waals surface area contributed by atoms with Crippen LogP contribution < -0.4 is 0 Å². The van der Waals surface area contributed by atoms with Crippen LogP contribution in [0.2, 0.25) is 5.02 Å². The Morgan fingerprint density at radius 2 is 2.07 bits per heavy atom. The highest BCUT2D eigenvalue weighted by molar-refractivity contribution is 6.36. The Morgan fingerprint density at radius 3 is 2.71 bits per heavy atom. The van der Waals surface area contributed by atoms with Gasteiger partial charge < -0.3 is 15.2 Å². The molecule has 0 aliphatic carbocycles. The van der Waals surface area contributed by atoms with E-state index in [0.717, 1.165) is 0 Å². The van der Waals surface area contributed by atoms with Gasteiger partial charge in [-0.05, 0) is 12.1 Å². The number of fused-ring (bicyclic) bond motifs is 1. The molecule has 70 valence electrons. The van der Waals surface area contributed by atoms with E-state index in [1.807, 2.05) is 6.07 Å². The molecular formula is C9H5ClN2O2. The van der Waals surface area contributed by atoms with Gasteiger partial charge in [-0.2, -0.15) is 5.26 Å². The first-order valence-corrected chi connectivity index (χ1v) is 4.14. The molecule has 0 amide bonds. The maximum absolute atomic E-state index is 9.39. The summed E-state index contributed by atoms with van der Waals surface area (Å²) in [5.41, 5.74) is 0.799. The van der Waals surface area contributed by atoms with Crippen molar-refractivity contribution in [2.45, 2.75) is 0 Å². The molecule has 0 bridgehead atoms. The first-order chi connectivity index (χ1) is 6.63. The van der Waals surface area contributed by atoms with Crippen LogP contribution in [0.15, 0.2) is 12.1 Å². The normalized spacial score (nSPS) is 10.3. The molecule has 0 saturated carbocycles. The average molecular weight is 209 g/mol. The van der Waals surface area contributed by atoms with E-state index in [1.54, 1.807) is 0 Å². The molecule has 0 spiro atoms. The minimum Gasteiger partial charge on any atom is -0.503 e. The summed E-state index contributed by atoms with van der Waals surface area (Å²) in [7, 11) is 0. The highest BCUT2D eigenvalue weighted by atomic mass is 35.5. The van der Waals surface area contributed by atoms with Crippen LogP contribution in [0.4, 0.5) is 0 Å². The van der Waals surface area contributed by atoms with Crippen LogP contribution in [-0.2, 0) is 0 Å². The Balaban J connectivity index is 2.91. The summed E-state index contributed by atoms with van der Waals surface area (Å²) in [5.74, 6) is -0.647. The molecule has 0 unspecified atom stereocenters. The highest BCUT2D eigenvalue weighted by Crippen LogP contribution is 2.38. The SMILES string of the molecule is N#Cc1cc(Cl)c2c(O)c(O)[nH]c2c1. The molecule has 0 atom stereocenters. The van der Waals surface area contributed by atoms with Crippen molar-refractivity contribution in [1.29, 1.82) is 5.26 Å². The van der Waals surface area contributed by atoms with Gasteiger partial charge in [0.1, 0.15) is 0 Å². The van der Waals surface area contributed by atoms with Gasteiger partial charge >= 0.3 is 0 Å². The minimum absolute atomic E-state index is 0.230. The predicted molar refractivity (Wildman–Crippen MR) is 51.4 cm³/mol. The summed E-state index contributed by atoms with van der Waals surface area (Å²) in [6, 6.07) is 4.85. The molecule has 0 saturated heterocycles. The van der Waals surface area contributed by atoms with Gasteiger partial charge in [0.25, 0.3) is 0 Å². The van der Waals surface area contributed by atoms with E-state index in [0.29, 0.717) is 16.5 Å². The molecule has 0 aliphatic heterocycles. The van der Waals surface area contributed by atoms with E-state index in [2.05, 4.69) is 4.98 Å². The second kappa shape index (κ2) is 2.82. The first kappa shape index (κ1) is 8.73. The van der Waals surface area contributed by atoms with Crippen LogP contribution in [0.25, 0.3) is 10.9 Å². The molecule has 3 N–H and O–H groups in total. The van der Waals surface area contributed by atoms with Crippen LogP contribution in [-0.4, -0.2) is 15.2 Å². The van der Waals surface area contributed by atoms with E-state index in [4.69, 9.17) is 16.9 Å². The Labute approximate surface area is 84.0 Å². The summed E-state index contributed by atoms with van der Waals surface area (Å²) < 4.78 is 0. The second-order valence-corrected chi connectivity index (χ2v) is 3.22. The Bertz CT molecular complexity index is 554. The predicted octanol–water partition coefficient (Wildman–Crippen LogP) is 2.10. The molecule has 1 heterocycles. The molecule has 1 aromatic carbocycles. The van der Waals surface area contributed by atoms with E-state index < -0.39 is 0 Å². The maximum atomic E-state index is 9.39. The van der Waals surface area contributed by atoms with Crippen molar-refractivity contribution in [3.05, 3.63) is 22.7 Å². The van der Waals surface area contributed by atoms with E-state index in [-0.39, 0.29) is 16.7 Å². The van der Waals surface area contributed by atoms with Crippen molar-refractivity contribution in [1.82, 2.24) is 4.98 Å². The zero-order valence-electron chi connectivity index (χ0n) is 6.87. The number of hydrogen-bond donors (Lipinski definition) is 3. The lowest BCUT2D eigenvalue weighted by Crippen LogP contribution is -1.76. The number of halogens is 1. The van der Waals surface area contributed by atoms with Crippen LogP contribution >= 0.6 is 11.6 Å². The largest absolute Gasteiger partial charge is 0.503 e. The van der Waals surface area contributed by atoms with Crippen molar-refractivity contribution < 1.29 is 10.2 Å². The molecule has 1 aromatic heterocycles. The van der Waals surface area contributed by atoms with Crippen molar-refractivity contribution in [2.24, 2.45) is 0 Å². The molecule has 0 aliphatic rings. The fraction of sp³-hybridized carbons (Fsp3) is 0. The molecule has 2 aromatic rings. The van der Waals surface area contributed by atoms with E-state index in [1.165, 1.54) is 12.1 Å². The summed E-state index contributed by atoms with van der Waals surface area (Å²) in [6.45, 7) is 0. The molecule has 0 radical (unpaired) electrons. The fourth-order valence-electron chi connectivity index (χ4n) is 1.32. The van der Waals surface area contributed by atoms with Gasteiger partial charge in [-0.3, -0.25) is 0 Å². The van der Waals surface area contributed by atoms with Gasteiger partial charge in [0.15, 0.2) is 5.75 Å². The van der Waals surface area contributed by atoms with E-state index in [9.17, 15) is 10.2 Å². The number of benzene rings is 1. The lowest BCUT2D eigenvalue weighted by Gasteiger charge is -1.95. The number of rotatable bonds is 0. The number of nitrogens with one attached hydrogen (secondary N) is 1. The highest BCUT2D eigenvalue weighted by Gasteiger charge is 2.13. The monoisotopic (exact) mass is 208 g/mol. The summed E-state index contributed by atoms with van der Waals surface area (Å²) in [6.07, 6.45) is 0. The third-order valence-electron chi connectivity index (χ3n) is 1.93. The smallest absolute Gasteiger partial charge is 0.233 e. The second-order valence-electron chi connectivity index (χ2n) is 2.81. The zero-order chi connectivity index (χ0) is 10.3. The molecule has 14 heavy (non-hydrogen) atoms. The minimum atomic E-state index is -0.350. The van der Waals surface area contributed by atoms with Crippen LogP contribution in [0.1, 0.15) is 5.56 Å². The molecular weight excluding hydrogens is 204 g/mol. The number of nitrogens with zero attached hydrogens (tertiary/aromatic N) is 1. The van der Waals surface area contributed by atoms with Crippen molar-refractivity contribution in [3.63, 3.8) is 0 Å². The van der Waals surface area contributed by atoms with Crippen molar-refractivity contribution in [3.8, 4) is 17.7 Å². The fourth-order valence-corrected chi connectivity index (χ4v) is 1.62. The van der Waals surface area contributed by atoms with Gasteiger partial charge in [-0.1, -0.05) is 11.6 Å². The van der Waals surface area contributed by atoms with Gasteiger partial charge in [0.05, 0.1) is 27.6 Å². The Kier molecular flexibility index (Phi) is 1.76. The topological polar surface area (TPSA) is 80.0 Å². The number of nitriles is 1. The maximum Gasteiger partial charge on any atom is 0.233 e. The van der Waals surface area contributed by atoms with Gasteiger partial charge in [0.2, 0.25) is 5.88 Å². The Morgan fingerprint density at radius 1 is 1.36 bits per heavy atom. The number of H-pyrrole nitrogens is 1. The van der Waals surface area contributed by atoms with Crippen molar-refractivity contribution >= 4 is 22.5 Å². The van der Waals surface area contributed by atoms with Crippen molar-refractivity contribution in [2.75, 3.05) is 0 Å². The van der Waals surface area contributed by atoms with E-state index >= 15 is 0 Å². The zero-order valence-corrected chi connectivity index (χ0v) is 7.63. The molecule has 0 fully saturated rings. The van der Waals surface area contributed by atoms with Gasteiger partial charge in [0, 0.05) is 0 Å². The van der Waals surface area contributed by atoms with Gasteiger partial charge in [-0.15, -0.1) is 0 Å². The number of aromatic amines is 1. The number of aromatic hydroxyl groups is 2.